The van der Waals surface area contributed by atoms with Crippen LogP contribution in [0.15, 0.2) is 36.4 Å². The maximum absolute atomic E-state index is 13.9. The van der Waals surface area contributed by atoms with Gasteiger partial charge in [-0.25, -0.2) is 4.39 Å². The molecule has 0 amide bonds. The molecule has 3 rings (SSSR count). The van der Waals surface area contributed by atoms with Crippen molar-refractivity contribution < 1.29 is 14.2 Å². The SMILES string of the molecule is OC1CC(c2cc(Cl)ccc2F)Oc2ccc(Cl)cc21. The first-order valence-electron chi connectivity index (χ1n) is 6.13. The van der Waals surface area contributed by atoms with Crippen molar-refractivity contribution in [2.45, 2.75) is 18.6 Å². The zero-order valence-electron chi connectivity index (χ0n) is 10.3. The van der Waals surface area contributed by atoms with Crippen LogP contribution >= 0.6 is 23.2 Å². The van der Waals surface area contributed by atoms with Gasteiger partial charge in [-0.3, -0.25) is 0 Å². The Morgan fingerprint density at radius 3 is 2.45 bits per heavy atom. The molecule has 0 aromatic heterocycles. The van der Waals surface area contributed by atoms with Gasteiger partial charge in [0.05, 0.1) is 6.10 Å². The summed E-state index contributed by atoms with van der Waals surface area (Å²) in [6.07, 6.45) is -1.07. The molecular formula is C15H11Cl2FO2. The van der Waals surface area contributed by atoms with E-state index in [1.54, 1.807) is 18.2 Å². The van der Waals surface area contributed by atoms with Crippen molar-refractivity contribution in [1.82, 2.24) is 0 Å². The molecule has 0 aliphatic carbocycles. The van der Waals surface area contributed by atoms with Gasteiger partial charge in [0.1, 0.15) is 17.7 Å². The van der Waals surface area contributed by atoms with Gasteiger partial charge < -0.3 is 9.84 Å². The largest absolute Gasteiger partial charge is 0.485 e. The van der Waals surface area contributed by atoms with Crippen molar-refractivity contribution in [2.24, 2.45) is 0 Å². The average molecular weight is 313 g/mol. The van der Waals surface area contributed by atoms with Crippen molar-refractivity contribution in [2.75, 3.05) is 0 Å². The lowest BCUT2D eigenvalue weighted by atomic mass is 9.95. The summed E-state index contributed by atoms with van der Waals surface area (Å²) in [4.78, 5) is 0. The van der Waals surface area contributed by atoms with Gasteiger partial charge >= 0.3 is 0 Å². The third-order valence-electron chi connectivity index (χ3n) is 3.34. The smallest absolute Gasteiger partial charge is 0.130 e. The molecule has 2 aromatic rings. The van der Waals surface area contributed by atoms with E-state index in [2.05, 4.69) is 0 Å². The van der Waals surface area contributed by atoms with Gasteiger partial charge in [-0.1, -0.05) is 23.2 Å². The monoisotopic (exact) mass is 312 g/mol. The number of ether oxygens (including phenoxy) is 1. The topological polar surface area (TPSA) is 29.5 Å². The van der Waals surface area contributed by atoms with Crippen LogP contribution in [-0.4, -0.2) is 5.11 Å². The second-order valence-corrected chi connectivity index (χ2v) is 5.58. The summed E-state index contributed by atoms with van der Waals surface area (Å²) in [6.45, 7) is 0. The third kappa shape index (κ3) is 2.49. The van der Waals surface area contributed by atoms with Gasteiger partial charge in [-0.2, -0.15) is 0 Å². The van der Waals surface area contributed by atoms with Crippen LogP contribution in [0.4, 0.5) is 4.39 Å². The van der Waals surface area contributed by atoms with Crippen molar-refractivity contribution in [1.29, 1.82) is 0 Å². The molecule has 20 heavy (non-hydrogen) atoms. The Bertz CT molecular complexity index is 660. The van der Waals surface area contributed by atoms with Gasteiger partial charge in [0, 0.05) is 27.6 Å². The van der Waals surface area contributed by atoms with Gasteiger partial charge in [0.15, 0.2) is 0 Å². The van der Waals surface area contributed by atoms with Gasteiger partial charge in [-0.15, -0.1) is 0 Å². The summed E-state index contributed by atoms with van der Waals surface area (Å²) < 4.78 is 19.6. The minimum absolute atomic E-state index is 0.255. The highest BCUT2D eigenvalue weighted by atomic mass is 35.5. The quantitative estimate of drug-likeness (QED) is 0.827. The van der Waals surface area contributed by atoms with E-state index < -0.39 is 18.0 Å². The number of benzene rings is 2. The minimum atomic E-state index is -0.749. The molecule has 5 heteroatoms. The number of halogens is 3. The summed E-state index contributed by atoms with van der Waals surface area (Å²) >= 11 is 11.8. The minimum Gasteiger partial charge on any atom is -0.485 e. The summed E-state index contributed by atoms with van der Waals surface area (Å²) in [6, 6.07) is 9.30. The predicted octanol–water partition coefficient (Wildman–Crippen LogP) is 4.69. The predicted molar refractivity (Wildman–Crippen MR) is 75.8 cm³/mol. The van der Waals surface area contributed by atoms with Crippen LogP contribution in [0.2, 0.25) is 10.0 Å². The van der Waals surface area contributed by atoms with E-state index in [1.165, 1.54) is 18.2 Å². The van der Waals surface area contributed by atoms with E-state index in [1.807, 2.05) is 0 Å². The molecule has 1 aliphatic heterocycles. The third-order valence-corrected chi connectivity index (χ3v) is 3.81. The molecule has 1 N–H and O–H groups in total. The number of hydrogen-bond acceptors (Lipinski definition) is 2. The number of rotatable bonds is 1. The molecule has 0 radical (unpaired) electrons. The van der Waals surface area contributed by atoms with E-state index in [0.717, 1.165) is 0 Å². The van der Waals surface area contributed by atoms with E-state index in [4.69, 9.17) is 27.9 Å². The Kier molecular flexibility index (Phi) is 3.59. The molecular weight excluding hydrogens is 302 g/mol. The molecule has 0 saturated carbocycles. The fourth-order valence-corrected chi connectivity index (χ4v) is 2.73. The van der Waals surface area contributed by atoms with E-state index in [0.29, 0.717) is 26.9 Å². The van der Waals surface area contributed by atoms with Crippen molar-refractivity contribution in [3.8, 4) is 5.75 Å². The maximum atomic E-state index is 13.9. The number of hydrogen-bond donors (Lipinski definition) is 1. The van der Waals surface area contributed by atoms with Crippen LogP contribution < -0.4 is 4.74 Å². The summed E-state index contributed by atoms with van der Waals surface area (Å²) in [7, 11) is 0. The molecule has 1 heterocycles. The highest BCUT2D eigenvalue weighted by molar-refractivity contribution is 6.31. The number of aliphatic hydroxyl groups is 1. The van der Waals surface area contributed by atoms with Crippen molar-refractivity contribution >= 4 is 23.2 Å². The molecule has 2 aromatic carbocycles. The van der Waals surface area contributed by atoms with E-state index in [9.17, 15) is 9.50 Å². The zero-order valence-corrected chi connectivity index (χ0v) is 11.8. The summed E-state index contributed by atoms with van der Waals surface area (Å²) in [5.41, 5.74) is 0.966. The van der Waals surface area contributed by atoms with Crippen molar-refractivity contribution in [3.05, 3.63) is 63.4 Å². The highest BCUT2D eigenvalue weighted by Gasteiger charge is 2.30. The lowest BCUT2D eigenvalue weighted by Crippen LogP contribution is -2.20. The Morgan fingerprint density at radius 2 is 1.70 bits per heavy atom. The molecule has 0 spiro atoms. The van der Waals surface area contributed by atoms with Crippen molar-refractivity contribution in [3.63, 3.8) is 0 Å². The standard InChI is InChI=1S/C15H11Cl2FO2/c16-8-1-3-12(18)10(5-8)15-7-13(19)11-6-9(17)2-4-14(11)20-15/h1-6,13,15,19H,7H2. The van der Waals surface area contributed by atoms with Crippen LogP contribution in [0, 0.1) is 5.82 Å². The van der Waals surface area contributed by atoms with Gasteiger partial charge in [0.25, 0.3) is 0 Å². The maximum Gasteiger partial charge on any atom is 0.130 e. The molecule has 0 fully saturated rings. The normalized spacial score (nSPS) is 21.2. The number of aliphatic hydroxyl groups excluding tert-OH is 1. The Balaban J connectivity index is 1.99. The molecule has 2 nitrogen and oxygen atoms in total. The molecule has 0 saturated heterocycles. The van der Waals surface area contributed by atoms with Crippen LogP contribution in [0.5, 0.6) is 5.75 Å². The highest BCUT2D eigenvalue weighted by Crippen LogP contribution is 2.42. The van der Waals surface area contributed by atoms with Crippen LogP contribution in [0.1, 0.15) is 29.8 Å². The Hall–Kier alpha value is -1.29. The molecule has 104 valence electrons. The summed E-state index contributed by atoms with van der Waals surface area (Å²) in [5, 5.41) is 11.1. The first-order valence-corrected chi connectivity index (χ1v) is 6.89. The Morgan fingerprint density at radius 1 is 1.05 bits per heavy atom. The van der Waals surface area contributed by atoms with Gasteiger partial charge in [0.2, 0.25) is 0 Å². The average Bonchev–Trinajstić information content (AvgIpc) is 2.42. The van der Waals surface area contributed by atoms with E-state index in [-0.39, 0.29) is 6.42 Å². The Labute approximate surface area is 125 Å². The van der Waals surface area contributed by atoms with Crippen LogP contribution in [-0.2, 0) is 0 Å². The summed E-state index contributed by atoms with van der Waals surface area (Å²) in [5.74, 6) is 0.113. The van der Waals surface area contributed by atoms with Gasteiger partial charge in [-0.05, 0) is 36.4 Å². The molecule has 1 aliphatic rings. The number of fused-ring (bicyclic) bond motifs is 1. The van der Waals surface area contributed by atoms with E-state index >= 15 is 0 Å². The zero-order chi connectivity index (χ0) is 14.3. The first-order chi connectivity index (χ1) is 9.54. The fourth-order valence-electron chi connectivity index (χ4n) is 2.37. The first kappa shape index (κ1) is 13.7. The van der Waals surface area contributed by atoms with Crippen LogP contribution in [0.3, 0.4) is 0 Å². The van der Waals surface area contributed by atoms with Crippen LogP contribution in [0.25, 0.3) is 0 Å². The fraction of sp³-hybridized carbons (Fsp3) is 0.200. The lowest BCUT2D eigenvalue weighted by molar-refractivity contribution is 0.0640. The second-order valence-electron chi connectivity index (χ2n) is 4.71. The molecule has 0 bridgehead atoms. The molecule has 2 atom stereocenters. The molecule has 2 unspecified atom stereocenters. The lowest BCUT2D eigenvalue weighted by Gasteiger charge is -2.30. The second kappa shape index (κ2) is 5.24.